The van der Waals surface area contributed by atoms with Crippen LogP contribution in [0.5, 0.6) is 0 Å². The van der Waals surface area contributed by atoms with Crippen molar-refractivity contribution in [2.75, 3.05) is 0 Å². The number of carboxylic acids is 1. The molecule has 2 amide bonds. The van der Waals surface area contributed by atoms with Gasteiger partial charge in [0.2, 0.25) is 5.91 Å². The first-order chi connectivity index (χ1) is 14.4. The first-order valence-electron chi connectivity index (χ1n) is 9.95. The van der Waals surface area contributed by atoms with Crippen LogP contribution in [0.2, 0.25) is 0 Å². The molecule has 0 aromatic heterocycles. The van der Waals surface area contributed by atoms with E-state index < -0.39 is 30.1 Å². The topological polar surface area (TPSA) is 105 Å². The molecule has 7 heteroatoms. The Kier molecular flexibility index (Phi) is 8.87. The zero-order valence-electron chi connectivity index (χ0n) is 17.2. The third-order valence-corrected chi connectivity index (χ3v) is 4.88. The number of rotatable bonds is 10. The van der Waals surface area contributed by atoms with Gasteiger partial charge in [0.25, 0.3) is 0 Å². The number of aliphatic carboxylic acids is 1. The van der Waals surface area contributed by atoms with E-state index in [1.807, 2.05) is 67.6 Å². The van der Waals surface area contributed by atoms with E-state index in [1.165, 1.54) is 0 Å². The van der Waals surface area contributed by atoms with Gasteiger partial charge in [-0.25, -0.2) is 9.59 Å². The summed E-state index contributed by atoms with van der Waals surface area (Å²) in [6, 6.07) is 16.4. The standard InChI is InChI=1S/C23H28N2O5/c1-3-16(2)20(22(27)28)25-21(26)19(14-17-10-6-4-7-11-17)24-23(29)30-15-18-12-8-5-9-13-18/h4-13,16,19-20H,3,14-15H2,1-2H3,(H,24,29)(H,25,26)(H,27,28)/t16-,19-,20-/m0/s1. The number of alkyl carbamates (subject to hydrolysis) is 1. The van der Waals surface area contributed by atoms with Gasteiger partial charge < -0.3 is 20.5 Å². The van der Waals surface area contributed by atoms with Crippen LogP contribution in [-0.4, -0.2) is 35.2 Å². The largest absolute Gasteiger partial charge is 0.480 e. The zero-order valence-corrected chi connectivity index (χ0v) is 17.2. The smallest absolute Gasteiger partial charge is 0.408 e. The van der Waals surface area contributed by atoms with Gasteiger partial charge in [-0.05, 0) is 17.0 Å². The predicted molar refractivity (Wildman–Crippen MR) is 113 cm³/mol. The molecule has 0 heterocycles. The molecule has 2 aromatic carbocycles. The van der Waals surface area contributed by atoms with Crippen LogP contribution >= 0.6 is 0 Å². The highest BCUT2D eigenvalue weighted by molar-refractivity contribution is 5.89. The van der Waals surface area contributed by atoms with Crippen LogP contribution in [-0.2, 0) is 27.4 Å². The van der Waals surface area contributed by atoms with Gasteiger partial charge in [-0.15, -0.1) is 0 Å². The highest BCUT2D eigenvalue weighted by Gasteiger charge is 2.30. The lowest BCUT2D eigenvalue weighted by Crippen LogP contribution is -2.54. The average molecular weight is 412 g/mol. The summed E-state index contributed by atoms with van der Waals surface area (Å²) in [5.41, 5.74) is 1.65. The molecule has 2 rings (SSSR count). The van der Waals surface area contributed by atoms with Crippen molar-refractivity contribution in [3.05, 3.63) is 71.8 Å². The molecule has 2 aromatic rings. The van der Waals surface area contributed by atoms with Gasteiger partial charge in [0.15, 0.2) is 0 Å². The fraction of sp³-hybridized carbons (Fsp3) is 0.348. The van der Waals surface area contributed by atoms with E-state index in [1.54, 1.807) is 6.92 Å². The van der Waals surface area contributed by atoms with Gasteiger partial charge >= 0.3 is 12.1 Å². The fourth-order valence-electron chi connectivity index (χ4n) is 2.90. The number of amides is 2. The van der Waals surface area contributed by atoms with E-state index in [2.05, 4.69) is 10.6 Å². The van der Waals surface area contributed by atoms with Crippen molar-refractivity contribution in [1.29, 1.82) is 0 Å². The zero-order chi connectivity index (χ0) is 21.9. The SMILES string of the molecule is CC[C@H](C)[C@H](NC(=O)[C@H](Cc1ccccc1)NC(=O)OCc1ccccc1)C(=O)O. The lowest BCUT2D eigenvalue weighted by Gasteiger charge is -2.24. The molecule has 0 spiro atoms. The van der Waals surface area contributed by atoms with Gasteiger partial charge in [-0.3, -0.25) is 4.79 Å². The number of hydrogen-bond acceptors (Lipinski definition) is 4. The molecule has 3 atom stereocenters. The van der Waals surface area contributed by atoms with Crippen LogP contribution in [0.1, 0.15) is 31.4 Å². The second kappa shape index (κ2) is 11.6. The lowest BCUT2D eigenvalue weighted by atomic mass is 9.98. The van der Waals surface area contributed by atoms with Crippen LogP contribution in [0.3, 0.4) is 0 Å². The van der Waals surface area contributed by atoms with E-state index in [0.717, 1.165) is 11.1 Å². The fourth-order valence-corrected chi connectivity index (χ4v) is 2.90. The molecule has 7 nitrogen and oxygen atoms in total. The molecule has 0 saturated heterocycles. The molecule has 0 aliphatic heterocycles. The van der Waals surface area contributed by atoms with Crippen LogP contribution in [0, 0.1) is 5.92 Å². The Balaban J connectivity index is 2.08. The highest BCUT2D eigenvalue weighted by Crippen LogP contribution is 2.10. The van der Waals surface area contributed by atoms with Crippen molar-refractivity contribution in [3.63, 3.8) is 0 Å². The van der Waals surface area contributed by atoms with Gasteiger partial charge in [0, 0.05) is 6.42 Å². The Hall–Kier alpha value is -3.35. The third-order valence-electron chi connectivity index (χ3n) is 4.88. The average Bonchev–Trinajstić information content (AvgIpc) is 2.76. The van der Waals surface area contributed by atoms with Crippen molar-refractivity contribution in [1.82, 2.24) is 10.6 Å². The van der Waals surface area contributed by atoms with Crippen molar-refractivity contribution in [2.24, 2.45) is 5.92 Å². The van der Waals surface area contributed by atoms with E-state index in [0.29, 0.717) is 6.42 Å². The Bertz CT molecular complexity index is 826. The predicted octanol–water partition coefficient (Wildman–Crippen LogP) is 3.14. The summed E-state index contributed by atoms with van der Waals surface area (Å²) in [4.78, 5) is 36.7. The van der Waals surface area contributed by atoms with Crippen LogP contribution < -0.4 is 10.6 Å². The maximum Gasteiger partial charge on any atom is 0.408 e. The summed E-state index contributed by atoms with van der Waals surface area (Å²) in [5, 5.41) is 14.6. The Labute approximate surface area is 176 Å². The molecular weight excluding hydrogens is 384 g/mol. The second-order valence-electron chi connectivity index (χ2n) is 7.16. The molecular formula is C23H28N2O5. The molecule has 0 fully saturated rings. The first kappa shape index (κ1) is 22.9. The number of carbonyl (C=O) groups is 3. The van der Waals surface area contributed by atoms with Gasteiger partial charge in [0.1, 0.15) is 18.7 Å². The molecule has 30 heavy (non-hydrogen) atoms. The summed E-state index contributed by atoms with van der Waals surface area (Å²) in [6.45, 7) is 3.68. The normalized spacial score (nSPS) is 13.5. The third kappa shape index (κ3) is 7.24. The molecule has 0 aliphatic rings. The monoisotopic (exact) mass is 412 g/mol. The number of carboxylic acid groups (broad SMARTS) is 1. The molecule has 160 valence electrons. The summed E-state index contributed by atoms with van der Waals surface area (Å²) in [7, 11) is 0. The maximum atomic E-state index is 12.8. The van der Waals surface area contributed by atoms with Crippen LogP contribution in [0.25, 0.3) is 0 Å². The summed E-state index contributed by atoms with van der Waals surface area (Å²) in [6.07, 6.45) is 0.0537. The van der Waals surface area contributed by atoms with Crippen LogP contribution in [0.4, 0.5) is 4.79 Å². The van der Waals surface area contributed by atoms with Crippen molar-refractivity contribution in [3.8, 4) is 0 Å². The summed E-state index contributed by atoms with van der Waals surface area (Å²) >= 11 is 0. The molecule has 0 radical (unpaired) electrons. The number of benzene rings is 2. The molecule has 0 bridgehead atoms. The Morgan fingerprint density at radius 2 is 1.50 bits per heavy atom. The number of nitrogens with one attached hydrogen (secondary N) is 2. The van der Waals surface area contributed by atoms with Gasteiger partial charge in [0.05, 0.1) is 0 Å². The number of ether oxygens (including phenoxy) is 1. The summed E-state index contributed by atoms with van der Waals surface area (Å²) in [5.74, 6) is -1.93. The van der Waals surface area contributed by atoms with E-state index in [4.69, 9.17) is 4.74 Å². The number of carbonyl (C=O) groups excluding carboxylic acids is 2. The number of hydrogen-bond donors (Lipinski definition) is 3. The van der Waals surface area contributed by atoms with Gasteiger partial charge in [-0.2, -0.15) is 0 Å². The molecule has 3 N–H and O–H groups in total. The Morgan fingerprint density at radius 3 is 2.03 bits per heavy atom. The van der Waals surface area contributed by atoms with Crippen molar-refractivity contribution < 1.29 is 24.2 Å². The minimum absolute atomic E-state index is 0.0664. The van der Waals surface area contributed by atoms with Gasteiger partial charge in [-0.1, -0.05) is 80.9 Å². The maximum absolute atomic E-state index is 12.8. The molecule has 0 unspecified atom stereocenters. The molecule has 0 saturated carbocycles. The first-order valence-corrected chi connectivity index (χ1v) is 9.95. The second-order valence-corrected chi connectivity index (χ2v) is 7.16. The minimum Gasteiger partial charge on any atom is -0.480 e. The van der Waals surface area contributed by atoms with E-state index in [-0.39, 0.29) is 18.9 Å². The Morgan fingerprint density at radius 1 is 0.933 bits per heavy atom. The van der Waals surface area contributed by atoms with Crippen LogP contribution in [0.15, 0.2) is 60.7 Å². The van der Waals surface area contributed by atoms with Crippen molar-refractivity contribution >= 4 is 18.0 Å². The van der Waals surface area contributed by atoms with E-state index >= 15 is 0 Å². The minimum atomic E-state index is -1.11. The summed E-state index contributed by atoms with van der Waals surface area (Å²) < 4.78 is 5.22. The van der Waals surface area contributed by atoms with E-state index in [9.17, 15) is 19.5 Å². The highest BCUT2D eigenvalue weighted by atomic mass is 16.5. The van der Waals surface area contributed by atoms with Crippen molar-refractivity contribution in [2.45, 2.75) is 45.4 Å². The quantitative estimate of drug-likeness (QED) is 0.556. The lowest BCUT2D eigenvalue weighted by molar-refractivity contribution is -0.143. The molecule has 0 aliphatic carbocycles.